The summed E-state index contributed by atoms with van der Waals surface area (Å²) in [4.78, 5) is 9.51. The molecule has 1 aromatic carbocycles. The largest absolute Gasteiger partial charge is 0.421 e. The number of nitrogen functional groups attached to an aromatic ring is 1. The van der Waals surface area contributed by atoms with Crippen LogP contribution in [0.25, 0.3) is 21.3 Å². The number of alkyl halides is 3. The van der Waals surface area contributed by atoms with Crippen molar-refractivity contribution in [3.05, 3.63) is 75.9 Å². The fraction of sp³-hybridized carbons (Fsp3) is 0.182. The first-order valence-corrected chi connectivity index (χ1v) is 10.4. The van der Waals surface area contributed by atoms with E-state index in [2.05, 4.69) is 9.97 Å². The summed E-state index contributed by atoms with van der Waals surface area (Å²) in [6, 6.07) is 13.3. The molecule has 0 aliphatic carbocycles. The summed E-state index contributed by atoms with van der Waals surface area (Å²) in [5.41, 5.74) is 4.19. The summed E-state index contributed by atoms with van der Waals surface area (Å²) in [6.45, 7) is 0.734. The number of nitrogens with zero attached hydrogens (tertiary/aromatic N) is 2. The Bertz CT molecular complexity index is 1270. The molecule has 0 radical (unpaired) electrons. The number of pyridine rings is 2. The van der Waals surface area contributed by atoms with Gasteiger partial charge < -0.3 is 10.8 Å². The molecule has 31 heavy (non-hydrogen) atoms. The molecule has 1 unspecified atom stereocenters. The average molecular weight is 464 g/mol. The van der Waals surface area contributed by atoms with E-state index in [0.29, 0.717) is 34.2 Å². The average Bonchev–Trinajstić information content (AvgIpc) is 3.12. The number of anilines is 1. The van der Waals surface area contributed by atoms with Crippen LogP contribution in [-0.2, 0) is 12.0 Å². The van der Waals surface area contributed by atoms with E-state index in [1.807, 2.05) is 18.2 Å². The van der Waals surface area contributed by atoms with Crippen molar-refractivity contribution in [1.82, 2.24) is 9.97 Å². The van der Waals surface area contributed by atoms with Crippen molar-refractivity contribution >= 4 is 38.8 Å². The van der Waals surface area contributed by atoms with Crippen LogP contribution in [0.4, 0.5) is 19.0 Å². The quantitative estimate of drug-likeness (QED) is 0.392. The van der Waals surface area contributed by atoms with Crippen LogP contribution >= 0.6 is 22.9 Å². The molecule has 1 atom stereocenters. The first-order valence-electron chi connectivity index (χ1n) is 9.24. The highest BCUT2D eigenvalue weighted by Crippen LogP contribution is 2.41. The van der Waals surface area contributed by atoms with Gasteiger partial charge in [-0.25, -0.2) is 4.98 Å². The van der Waals surface area contributed by atoms with Crippen LogP contribution < -0.4 is 5.73 Å². The molecule has 0 fully saturated rings. The third-order valence-corrected chi connectivity index (χ3v) is 6.56. The fourth-order valence-electron chi connectivity index (χ4n) is 3.24. The van der Waals surface area contributed by atoms with Gasteiger partial charge in [-0.15, -0.1) is 11.3 Å². The second-order valence-corrected chi connectivity index (χ2v) is 8.82. The molecular formula is C22H17ClF3N3OS. The number of nitrogens with two attached hydrogens (primary N) is 1. The van der Waals surface area contributed by atoms with Crippen LogP contribution in [0.5, 0.6) is 0 Å². The van der Waals surface area contributed by atoms with Crippen molar-refractivity contribution in [2.24, 2.45) is 0 Å². The molecule has 0 spiro atoms. The number of aliphatic hydroxyl groups is 1. The predicted molar refractivity (Wildman–Crippen MR) is 117 cm³/mol. The van der Waals surface area contributed by atoms with Gasteiger partial charge in [-0.05, 0) is 48.2 Å². The van der Waals surface area contributed by atoms with Gasteiger partial charge in [0.05, 0.1) is 16.4 Å². The van der Waals surface area contributed by atoms with Crippen LogP contribution in [0.15, 0.2) is 54.7 Å². The maximum atomic E-state index is 13.3. The molecule has 0 aliphatic heterocycles. The van der Waals surface area contributed by atoms with Crippen molar-refractivity contribution in [1.29, 1.82) is 0 Å². The lowest BCUT2D eigenvalue weighted by atomic mass is 9.94. The summed E-state index contributed by atoms with van der Waals surface area (Å²) >= 11 is 7.71. The first kappa shape index (κ1) is 21.5. The van der Waals surface area contributed by atoms with Gasteiger partial charge in [0.15, 0.2) is 5.60 Å². The van der Waals surface area contributed by atoms with E-state index < -0.39 is 11.8 Å². The first-order chi connectivity index (χ1) is 14.6. The topological polar surface area (TPSA) is 72.0 Å². The Morgan fingerprint density at radius 3 is 2.65 bits per heavy atom. The Kier molecular flexibility index (Phi) is 5.41. The van der Waals surface area contributed by atoms with Gasteiger partial charge in [0.1, 0.15) is 5.82 Å². The number of hydrogen-bond acceptors (Lipinski definition) is 5. The molecular weight excluding hydrogens is 447 g/mol. The summed E-state index contributed by atoms with van der Waals surface area (Å²) in [6.07, 6.45) is -3.06. The van der Waals surface area contributed by atoms with Crippen LogP contribution in [0.3, 0.4) is 0 Å². The van der Waals surface area contributed by atoms with Crippen LogP contribution in [0.1, 0.15) is 23.1 Å². The number of rotatable bonds is 4. The second-order valence-electron chi connectivity index (χ2n) is 7.28. The normalized spacial score (nSPS) is 14.0. The van der Waals surface area contributed by atoms with Crippen LogP contribution in [0, 0.1) is 0 Å². The minimum Gasteiger partial charge on any atom is -0.384 e. The maximum Gasteiger partial charge on any atom is 0.421 e. The Balaban J connectivity index is 1.76. The standard InChI is InChI=1S/C22H17ClF3N3OS/c1-21(30,22(24,25)26)13-7-8-28-17(10-13)15-4-2-3-12-9-14(31-20(12)15)11-18-16(23)5-6-19(27)29-18/h2-10,30H,11H2,1H3,(H2,27,29). The third-order valence-electron chi connectivity index (χ3n) is 5.03. The Morgan fingerprint density at radius 1 is 1.13 bits per heavy atom. The molecule has 4 nitrogen and oxygen atoms in total. The SMILES string of the molecule is CC(O)(c1ccnc(-c2cccc3cc(Cc4nc(N)ccc4Cl)sc23)c1)C(F)(F)F. The Morgan fingerprint density at radius 2 is 1.90 bits per heavy atom. The number of aromatic nitrogens is 2. The molecule has 3 N–H and O–H groups in total. The minimum absolute atomic E-state index is 0.269. The highest BCUT2D eigenvalue weighted by Gasteiger charge is 2.51. The monoisotopic (exact) mass is 463 g/mol. The van der Waals surface area contributed by atoms with E-state index in [0.717, 1.165) is 21.9 Å². The van der Waals surface area contributed by atoms with Gasteiger partial charge in [0.2, 0.25) is 0 Å². The van der Waals surface area contributed by atoms with Gasteiger partial charge in [0.25, 0.3) is 0 Å². The zero-order chi connectivity index (χ0) is 22.4. The molecule has 4 rings (SSSR count). The highest BCUT2D eigenvalue weighted by molar-refractivity contribution is 7.19. The van der Waals surface area contributed by atoms with Crippen molar-refractivity contribution in [2.75, 3.05) is 5.73 Å². The molecule has 0 aliphatic rings. The van der Waals surface area contributed by atoms with E-state index in [9.17, 15) is 18.3 Å². The van der Waals surface area contributed by atoms with Gasteiger partial charge in [-0.3, -0.25) is 4.98 Å². The van der Waals surface area contributed by atoms with E-state index >= 15 is 0 Å². The van der Waals surface area contributed by atoms with Gasteiger partial charge >= 0.3 is 6.18 Å². The number of hydrogen-bond donors (Lipinski definition) is 2. The third kappa shape index (κ3) is 4.11. The van der Waals surface area contributed by atoms with E-state index in [-0.39, 0.29) is 5.56 Å². The molecule has 0 amide bonds. The maximum absolute atomic E-state index is 13.3. The molecule has 3 aromatic heterocycles. The highest BCUT2D eigenvalue weighted by atomic mass is 35.5. The molecule has 3 heterocycles. The Labute approximate surface area is 185 Å². The van der Waals surface area contributed by atoms with Crippen LogP contribution in [-0.4, -0.2) is 21.3 Å². The Hall–Kier alpha value is -2.68. The van der Waals surface area contributed by atoms with Gasteiger partial charge in [0, 0.05) is 27.8 Å². The summed E-state index contributed by atoms with van der Waals surface area (Å²) in [5, 5.41) is 11.5. The van der Waals surface area contributed by atoms with Gasteiger partial charge in [-0.1, -0.05) is 29.8 Å². The van der Waals surface area contributed by atoms with E-state index in [1.165, 1.54) is 29.7 Å². The fourth-order valence-corrected chi connectivity index (χ4v) is 4.60. The lowest BCUT2D eigenvalue weighted by Crippen LogP contribution is -2.39. The van der Waals surface area contributed by atoms with Crippen molar-refractivity contribution in [3.63, 3.8) is 0 Å². The molecule has 0 saturated carbocycles. The predicted octanol–water partition coefficient (Wildman–Crippen LogP) is 5.95. The molecule has 4 aromatic rings. The molecule has 0 saturated heterocycles. The number of halogens is 4. The zero-order valence-electron chi connectivity index (χ0n) is 16.2. The smallest absolute Gasteiger partial charge is 0.384 e. The summed E-state index contributed by atoms with van der Waals surface area (Å²) in [7, 11) is 0. The molecule has 9 heteroatoms. The van der Waals surface area contributed by atoms with Crippen molar-refractivity contribution in [3.8, 4) is 11.3 Å². The second kappa shape index (κ2) is 7.78. The molecule has 160 valence electrons. The minimum atomic E-state index is -4.81. The summed E-state index contributed by atoms with van der Waals surface area (Å²) in [5.74, 6) is 0.374. The van der Waals surface area contributed by atoms with Crippen molar-refractivity contribution < 1.29 is 18.3 Å². The van der Waals surface area contributed by atoms with Gasteiger partial charge in [-0.2, -0.15) is 13.2 Å². The van der Waals surface area contributed by atoms with E-state index in [4.69, 9.17) is 17.3 Å². The number of fused-ring (bicyclic) bond motifs is 1. The van der Waals surface area contributed by atoms with E-state index in [1.54, 1.807) is 18.2 Å². The lowest BCUT2D eigenvalue weighted by Gasteiger charge is -2.26. The molecule has 0 bridgehead atoms. The van der Waals surface area contributed by atoms with Crippen molar-refractivity contribution in [2.45, 2.75) is 25.1 Å². The number of benzene rings is 1. The lowest BCUT2D eigenvalue weighted by molar-refractivity contribution is -0.258. The zero-order valence-corrected chi connectivity index (χ0v) is 17.8. The van der Waals surface area contributed by atoms with Crippen LogP contribution in [0.2, 0.25) is 5.02 Å². The summed E-state index contributed by atoms with van der Waals surface area (Å²) < 4.78 is 40.7. The number of thiophene rings is 1.